The molecule has 0 heterocycles. The molecule has 6 N–H and O–H groups in total. The Morgan fingerprint density at radius 3 is 2.27 bits per heavy atom. The van der Waals surface area contributed by atoms with Crippen LogP contribution >= 0.6 is 0 Å². The van der Waals surface area contributed by atoms with E-state index in [0.717, 1.165) is 32.2 Å². The third-order valence-electron chi connectivity index (χ3n) is 12.5. The van der Waals surface area contributed by atoms with Crippen LogP contribution < -0.4 is 17.2 Å². The summed E-state index contributed by atoms with van der Waals surface area (Å²) in [4.78, 5) is 2.44. The summed E-state index contributed by atoms with van der Waals surface area (Å²) in [6.45, 7) is 16.1. The molecule has 0 bridgehead atoms. The predicted octanol–water partition coefficient (Wildman–Crippen LogP) is 4.26. The maximum atomic E-state index is 6.82. The minimum Gasteiger partial charge on any atom is -0.377 e. The van der Waals surface area contributed by atoms with Gasteiger partial charge >= 0.3 is 0 Å². The van der Waals surface area contributed by atoms with Gasteiger partial charge in [-0.2, -0.15) is 0 Å². The van der Waals surface area contributed by atoms with Crippen LogP contribution in [0.1, 0.15) is 85.5 Å². The van der Waals surface area contributed by atoms with E-state index in [4.69, 9.17) is 31.4 Å². The van der Waals surface area contributed by atoms with Gasteiger partial charge in [-0.05, 0) is 119 Å². The molecule has 7 nitrogen and oxygen atoms in total. The minimum absolute atomic E-state index is 0.168. The first-order valence-corrected chi connectivity index (χ1v) is 16.9. The maximum absolute atomic E-state index is 6.82. The van der Waals surface area contributed by atoms with E-state index < -0.39 is 0 Å². The average Bonchev–Trinajstić information content (AvgIpc) is 3.31. The van der Waals surface area contributed by atoms with Gasteiger partial charge in [0.15, 0.2) is 0 Å². The molecule has 40 heavy (non-hydrogen) atoms. The van der Waals surface area contributed by atoms with Crippen LogP contribution in [0.5, 0.6) is 0 Å². The third kappa shape index (κ3) is 6.46. The summed E-state index contributed by atoms with van der Waals surface area (Å²) in [5, 5.41) is 0. The predicted molar refractivity (Wildman–Crippen MR) is 164 cm³/mol. The van der Waals surface area contributed by atoms with Crippen LogP contribution in [0.2, 0.25) is 0 Å². The van der Waals surface area contributed by atoms with E-state index in [0.29, 0.717) is 86.5 Å². The van der Waals surface area contributed by atoms with E-state index in [1.54, 1.807) is 0 Å². The first-order valence-electron chi connectivity index (χ1n) is 16.9. The Morgan fingerprint density at radius 1 is 0.875 bits per heavy atom. The average molecular weight is 565 g/mol. The normalized spacial score (nSPS) is 41.9. The number of fused-ring (bicyclic) bond motifs is 5. The highest BCUT2D eigenvalue weighted by Gasteiger charge is 2.66. The van der Waals surface area contributed by atoms with Crippen molar-refractivity contribution < 1.29 is 14.2 Å². The molecule has 0 aromatic heterocycles. The Hall–Kier alpha value is -0.280. The van der Waals surface area contributed by atoms with Crippen molar-refractivity contribution >= 4 is 0 Å². The third-order valence-corrected chi connectivity index (χ3v) is 12.5. The molecule has 4 aliphatic carbocycles. The van der Waals surface area contributed by atoms with Crippen LogP contribution in [0.25, 0.3) is 0 Å². The SMILES string of the molecule is CCN(C)CCC[C@@H](C)[C@H]1CC[C@H]2C3[C@H](OCCN)CC4C[C@H](OCCN)CC[C@]4(C)[C@H]3C[C@H](OCCN)C12C. The maximum Gasteiger partial charge on any atom is 0.0637 e. The van der Waals surface area contributed by atoms with E-state index in [9.17, 15) is 0 Å². The fourth-order valence-corrected chi connectivity index (χ4v) is 10.3. The largest absolute Gasteiger partial charge is 0.377 e. The van der Waals surface area contributed by atoms with Crippen LogP contribution in [0, 0.1) is 46.3 Å². The summed E-state index contributed by atoms with van der Waals surface area (Å²) >= 11 is 0. The van der Waals surface area contributed by atoms with E-state index in [-0.39, 0.29) is 17.6 Å². The first kappa shape index (κ1) is 32.6. The fourth-order valence-electron chi connectivity index (χ4n) is 10.3. The van der Waals surface area contributed by atoms with Crippen molar-refractivity contribution in [3.63, 3.8) is 0 Å². The second-order valence-electron chi connectivity index (χ2n) is 14.4. The molecule has 0 radical (unpaired) electrons. The van der Waals surface area contributed by atoms with Crippen molar-refractivity contribution in [1.82, 2.24) is 4.90 Å². The number of nitrogens with two attached hydrogens (primary N) is 3. The number of rotatable bonds is 15. The molecule has 0 saturated heterocycles. The molecule has 11 atom stereocenters. The van der Waals surface area contributed by atoms with Crippen molar-refractivity contribution in [2.45, 2.75) is 104 Å². The molecule has 0 spiro atoms. The van der Waals surface area contributed by atoms with E-state index in [2.05, 4.69) is 39.6 Å². The summed E-state index contributed by atoms with van der Waals surface area (Å²) in [5.74, 6) is 3.82. The molecule has 4 saturated carbocycles. The Labute approximate surface area is 246 Å². The van der Waals surface area contributed by atoms with Crippen LogP contribution in [0.4, 0.5) is 0 Å². The Bertz CT molecular complexity index is 772. The smallest absolute Gasteiger partial charge is 0.0637 e. The standard InChI is InChI=1S/C33H64N4O3/c1-6-37(5)16-7-8-23(2)26-9-10-27-31-28(22-30(33(26,27)4)40-19-15-36)32(3)12-11-25(38-17-13-34)20-24(32)21-29(31)39-18-14-35/h23-31H,6-22,34-36H2,1-5H3/t23-,24?,25-,26-,27+,28+,29-,30+,31?,32+,33?/m1/s1. The first-order chi connectivity index (χ1) is 19.2. The number of hydrogen-bond donors (Lipinski definition) is 3. The summed E-state index contributed by atoms with van der Waals surface area (Å²) in [5.41, 5.74) is 18.3. The topological polar surface area (TPSA) is 109 Å². The van der Waals surface area contributed by atoms with Crippen LogP contribution in [0.3, 0.4) is 0 Å². The van der Waals surface area contributed by atoms with E-state index in [1.165, 1.54) is 38.6 Å². The van der Waals surface area contributed by atoms with E-state index >= 15 is 0 Å². The van der Waals surface area contributed by atoms with Gasteiger partial charge in [-0.15, -0.1) is 0 Å². The van der Waals surface area contributed by atoms with Gasteiger partial charge < -0.3 is 36.3 Å². The molecule has 0 aliphatic heterocycles. The van der Waals surface area contributed by atoms with Crippen molar-refractivity contribution in [1.29, 1.82) is 0 Å². The number of hydrogen-bond acceptors (Lipinski definition) is 7. The highest BCUT2D eigenvalue weighted by atomic mass is 16.5. The zero-order chi connectivity index (χ0) is 28.9. The zero-order valence-corrected chi connectivity index (χ0v) is 26.6. The van der Waals surface area contributed by atoms with Crippen LogP contribution in [-0.2, 0) is 14.2 Å². The summed E-state index contributed by atoms with van der Waals surface area (Å²) in [6.07, 6.45) is 11.9. The summed E-state index contributed by atoms with van der Waals surface area (Å²) in [6, 6.07) is 0. The lowest BCUT2D eigenvalue weighted by Gasteiger charge is -2.64. The highest BCUT2D eigenvalue weighted by Crippen LogP contribution is 2.69. The van der Waals surface area contributed by atoms with Gasteiger partial charge in [0.25, 0.3) is 0 Å². The summed E-state index contributed by atoms with van der Waals surface area (Å²) < 4.78 is 19.8. The Morgan fingerprint density at radius 2 is 1.57 bits per heavy atom. The fraction of sp³-hybridized carbons (Fsp3) is 1.00. The van der Waals surface area contributed by atoms with Gasteiger partial charge in [0.1, 0.15) is 0 Å². The molecular weight excluding hydrogens is 500 g/mol. The Balaban J connectivity index is 1.61. The van der Waals surface area contributed by atoms with Gasteiger partial charge in [-0.3, -0.25) is 0 Å². The molecule has 4 fully saturated rings. The second kappa shape index (κ2) is 14.5. The lowest BCUT2D eigenvalue weighted by Crippen LogP contribution is -2.63. The van der Waals surface area contributed by atoms with Crippen molar-refractivity contribution in [3.05, 3.63) is 0 Å². The van der Waals surface area contributed by atoms with E-state index in [1.807, 2.05) is 0 Å². The quantitative estimate of drug-likeness (QED) is 0.273. The van der Waals surface area contributed by atoms with Crippen molar-refractivity contribution in [2.75, 3.05) is 59.6 Å². The van der Waals surface area contributed by atoms with Gasteiger partial charge in [0, 0.05) is 25.0 Å². The lowest BCUT2D eigenvalue weighted by molar-refractivity contribution is -0.226. The zero-order valence-electron chi connectivity index (χ0n) is 26.6. The van der Waals surface area contributed by atoms with Gasteiger partial charge in [0.2, 0.25) is 0 Å². The molecule has 4 aliphatic rings. The summed E-state index contributed by atoms with van der Waals surface area (Å²) in [7, 11) is 2.24. The van der Waals surface area contributed by atoms with Crippen molar-refractivity contribution in [2.24, 2.45) is 63.5 Å². The molecule has 0 amide bonds. The number of ether oxygens (including phenoxy) is 3. The van der Waals surface area contributed by atoms with Gasteiger partial charge in [-0.25, -0.2) is 0 Å². The molecule has 0 aromatic carbocycles. The second-order valence-corrected chi connectivity index (χ2v) is 14.4. The van der Waals surface area contributed by atoms with Gasteiger partial charge in [0.05, 0.1) is 38.1 Å². The molecule has 4 rings (SSSR count). The molecule has 234 valence electrons. The highest BCUT2D eigenvalue weighted by molar-refractivity contribution is 5.15. The van der Waals surface area contributed by atoms with Gasteiger partial charge in [-0.1, -0.05) is 27.7 Å². The van der Waals surface area contributed by atoms with Crippen LogP contribution in [0.15, 0.2) is 0 Å². The Kier molecular flexibility index (Phi) is 11.8. The minimum atomic E-state index is 0.168. The van der Waals surface area contributed by atoms with Crippen LogP contribution in [-0.4, -0.2) is 82.8 Å². The monoisotopic (exact) mass is 564 g/mol. The lowest BCUT2D eigenvalue weighted by atomic mass is 9.43. The molecule has 0 aromatic rings. The number of nitrogens with zero attached hydrogens (tertiary/aromatic N) is 1. The molecule has 3 unspecified atom stereocenters. The van der Waals surface area contributed by atoms with Crippen molar-refractivity contribution in [3.8, 4) is 0 Å². The molecular formula is C33H64N4O3. The molecule has 7 heteroatoms.